The summed E-state index contributed by atoms with van der Waals surface area (Å²) in [6.45, 7) is 2.53. The standard InChI is InChI=1S/C24H22ClNO6S/c1-2-9-31-17-5-3-4-14(11-17)21-20-22(27)18-12-15(25)6-7-19(18)32-23(20)24(28)26(21)16-8-10-33(29,30)13-16/h3-7,11-12,16,21H,2,8-10,13H2,1H3. The number of fused-ring (bicyclic) bond motifs is 2. The van der Waals surface area contributed by atoms with Gasteiger partial charge in [-0.05, 0) is 48.7 Å². The van der Waals surface area contributed by atoms with Gasteiger partial charge in [-0.15, -0.1) is 0 Å². The lowest BCUT2D eigenvalue weighted by atomic mass is 9.97. The van der Waals surface area contributed by atoms with Crippen LogP contribution >= 0.6 is 11.6 Å². The molecule has 3 aromatic rings. The minimum absolute atomic E-state index is 0.00310. The average Bonchev–Trinajstić information content (AvgIpc) is 3.29. The van der Waals surface area contributed by atoms with Crippen molar-refractivity contribution in [2.45, 2.75) is 31.8 Å². The normalized spacial score (nSPS) is 21.5. The second-order valence-electron chi connectivity index (χ2n) is 8.41. The predicted octanol–water partition coefficient (Wildman–Crippen LogP) is 3.97. The third-order valence-electron chi connectivity index (χ3n) is 6.12. The van der Waals surface area contributed by atoms with Crippen LogP contribution in [0, 0.1) is 0 Å². The fourth-order valence-corrected chi connectivity index (χ4v) is 6.54. The molecule has 9 heteroatoms. The van der Waals surface area contributed by atoms with E-state index in [9.17, 15) is 18.0 Å². The Morgan fingerprint density at radius 2 is 2.00 bits per heavy atom. The molecule has 0 radical (unpaired) electrons. The third kappa shape index (κ3) is 3.81. The molecule has 7 nitrogen and oxygen atoms in total. The highest BCUT2D eigenvalue weighted by atomic mass is 35.5. The highest BCUT2D eigenvalue weighted by Gasteiger charge is 2.48. The van der Waals surface area contributed by atoms with E-state index in [-0.39, 0.29) is 39.2 Å². The number of nitrogens with zero attached hydrogens (tertiary/aromatic N) is 1. The summed E-state index contributed by atoms with van der Waals surface area (Å²) in [5, 5.41) is 0.655. The van der Waals surface area contributed by atoms with Crippen molar-refractivity contribution in [1.82, 2.24) is 4.90 Å². The lowest BCUT2D eigenvalue weighted by Crippen LogP contribution is -2.40. The summed E-state index contributed by atoms with van der Waals surface area (Å²) in [5.41, 5.74) is 0.770. The van der Waals surface area contributed by atoms with Crippen LogP contribution in [0.1, 0.15) is 47.5 Å². The fourth-order valence-electron chi connectivity index (χ4n) is 4.66. The smallest absolute Gasteiger partial charge is 0.291 e. The van der Waals surface area contributed by atoms with E-state index < -0.39 is 27.8 Å². The van der Waals surface area contributed by atoms with Crippen molar-refractivity contribution in [2.75, 3.05) is 18.1 Å². The molecule has 2 unspecified atom stereocenters. The molecule has 0 aliphatic carbocycles. The number of benzene rings is 2. The van der Waals surface area contributed by atoms with Gasteiger partial charge in [0.25, 0.3) is 5.91 Å². The number of carbonyl (C=O) groups excluding carboxylic acids is 1. The zero-order valence-electron chi connectivity index (χ0n) is 17.9. The van der Waals surface area contributed by atoms with Crippen LogP contribution in [0.15, 0.2) is 51.7 Å². The minimum Gasteiger partial charge on any atom is -0.494 e. The lowest BCUT2D eigenvalue weighted by molar-refractivity contribution is 0.0662. The summed E-state index contributed by atoms with van der Waals surface area (Å²) in [6.07, 6.45) is 1.14. The molecule has 172 valence electrons. The summed E-state index contributed by atoms with van der Waals surface area (Å²) in [7, 11) is -3.27. The zero-order valence-corrected chi connectivity index (χ0v) is 19.5. The molecule has 0 bridgehead atoms. The Labute approximate surface area is 195 Å². The van der Waals surface area contributed by atoms with Crippen molar-refractivity contribution in [3.63, 3.8) is 0 Å². The van der Waals surface area contributed by atoms with E-state index in [0.717, 1.165) is 6.42 Å². The van der Waals surface area contributed by atoms with Crippen LogP contribution in [-0.2, 0) is 9.84 Å². The number of halogens is 1. The molecule has 2 aliphatic rings. The molecule has 5 rings (SSSR count). The highest BCUT2D eigenvalue weighted by molar-refractivity contribution is 7.91. The van der Waals surface area contributed by atoms with Gasteiger partial charge in [0, 0.05) is 11.1 Å². The van der Waals surface area contributed by atoms with Crippen molar-refractivity contribution in [3.05, 3.63) is 74.6 Å². The SMILES string of the molecule is CCCOc1cccc(C2c3c(oc4ccc(Cl)cc4c3=O)C(=O)N2C2CCS(=O)(=O)C2)c1. The van der Waals surface area contributed by atoms with E-state index in [4.69, 9.17) is 20.8 Å². The first-order valence-electron chi connectivity index (χ1n) is 10.8. The van der Waals surface area contributed by atoms with E-state index >= 15 is 0 Å². The van der Waals surface area contributed by atoms with E-state index in [1.807, 2.05) is 19.1 Å². The topological polar surface area (TPSA) is 93.9 Å². The Bertz CT molecular complexity index is 1430. The molecule has 2 aliphatic heterocycles. The summed E-state index contributed by atoms with van der Waals surface area (Å²) in [5.74, 6) is -0.0600. The maximum absolute atomic E-state index is 13.6. The van der Waals surface area contributed by atoms with Crippen molar-refractivity contribution in [2.24, 2.45) is 0 Å². The van der Waals surface area contributed by atoms with Gasteiger partial charge < -0.3 is 14.1 Å². The second-order valence-corrected chi connectivity index (χ2v) is 11.1. The Morgan fingerprint density at radius 3 is 2.73 bits per heavy atom. The number of amides is 1. The van der Waals surface area contributed by atoms with E-state index in [1.165, 1.54) is 11.0 Å². The van der Waals surface area contributed by atoms with Crippen LogP contribution in [0.25, 0.3) is 11.0 Å². The largest absolute Gasteiger partial charge is 0.494 e. The minimum atomic E-state index is -3.27. The molecule has 2 aromatic carbocycles. The van der Waals surface area contributed by atoms with Crippen LogP contribution in [-0.4, -0.2) is 43.4 Å². The Balaban J connectivity index is 1.72. The monoisotopic (exact) mass is 487 g/mol. The molecule has 3 heterocycles. The van der Waals surface area contributed by atoms with Crippen molar-refractivity contribution >= 4 is 38.3 Å². The molecule has 1 amide bonds. The summed E-state index contributed by atoms with van der Waals surface area (Å²) >= 11 is 6.12. The van der Waals surface area contributed by atoms with Crippen molar-refractivity contribution < 1.29 is 22.4 Å². The van der Waals surface area contributed by atoms with Gasteiger partial charge in [-0.1, -0.05) is 30.7 Å². The molecule has 0 spiro atoms. The lowest BCUT2D eigenvalue weighted by Gasteiger charge is -2.30. The molecule has 33 heavy (non-hydrogen) atoms. The van der Waals surface area contributed by atoms with Crippen LogP contribution in [0.4, 0.5) is 0 Å². The summed E-state index contributed by atoms with van der Waals surface area (Å²) in [6, 6.07) is 10.5. The van der Waals surface area contributed by atoms with E-state index in [2.05, 4.69) is 0 Å². The second kappa shape index (κ2) is 8.18. The van der Waals surface area contributed by atoms with Gasteiger partial charge in [0.2, 0.25) is 5.76 Å². The molecule has 1 saturated heterocycles. The quantitative estimate of drug-likeness (QED) is 0.540. The number of hydrogen-bond acceptors (Lipinski definition) is 6. The van der Waals surface area contributed by atoms with Crippen LogP contribution < -0.4 is 10.2 Å². The fraction of sp³-hybridized carbons (Fsp3) is 0.333. The van der Waals surface area contributed by atoms with Crippen molar-refractivity contribution in [3.8, 4) is 5.75 Å². The number of sulfone groups is 1. The van der Waals surface area contributed by atoms with Crippen molar-refractivity contribution in [1.29, 1.82) is 0 Å². The van der Waals surface area contributed by atoms with Gasteiger partial charge in [-0.2, -0.15) is 0 Å². The number of carbonyl (C=O) groups is 1. The molecule has 0 saturated carbocycles. The zero-order chi connectivity index (χ0) is 23.3. The van der Waals surface area contributed by atoms with Gasteiger partial charge in [0.05, 0.1) is 35.1 Å². The molecule has 2 atom stereocenters. The van der Waals surface area contributed by atoms with Gasteiger partial charge in [0.1, 0.15) is 11.3 Å². The van der Waals surface area contributed by atoms with E-state index in [0.29, 0.717) is 29.4 Å². The first-order chi connectivity index (χ1) is 15.8. The first-order valence-corrected chi connectivity index (χ1v) is 13.0. The van der Waals surface area contributed by atoms with Gasteiger partial charge in [-0.25, -0.2) is 8.42 Å². The Kier molecular flexibility index (Phi) is 5.45. The van der Waals surface area contributed by atoms with Crippen LogP contribution in [0.2, 0.25) is 5.02 Å². The van der Waals surface area contributed by atoms with E-state index in [1.54, 1.807) is 24.3 Å². The van der Waals surface area contributed by atoms with Crippen LogP contribution in [0.5, 0.6) is 5.75 Å². The number of ether oxygens (including phenoxy) is 1. The Morgan fingerprint density at radius 1 is 1.18 bits per heavy atom. The predicted molar refractivity (Wildman–Crippen MR) is 125 cm³/mol. The molecule has 0 N–H and O–H groups in total. The third-order valence-corrected chi connectivity index (χ3v) is 8.10. The number of rotatable bonds is 5. The highest BCUT2D eigenvalue weighted by Crippen LogP contribution is 2.42. The first kappa shape index (κ1) is 22.0. The summed E-state index contributed by atoms with van der Waals surface area (Å²) in [4.78, 5) is 28.6. The van der Waals surface area contributed by atoms with Gasteiger partial charge in [-0.3, -0.25) is 9.59 Å². The molecule has 1 aromatic heterocycles. The number of hydrogen-bond donors (Lipinski definition) is 0. The molecule has 1 fully saturated rings. The molecular weight excluding hydrogens is 466 g/mol. The Hall–Kier alpha value is -2.84. The van der Waals surface area contributed by atoms with Gasteiger partial charge in [0.15, 0.2) is 15.3 Å². The van der Waals surface area contributed by atoms with Crippen LogP contribution in [0.3, 0.4) is 0 Å². The van der Waals surface area contributed by atoms with Gasteiger partial charge >= 0.3 is 0 Å². The summed E-state index contributed by atoms with van der Waals surface area (Å²) < 4.78 is 36.1. The average molecular weight is 488 g/mol. The maximum atomic E-state index is 13.6. The maximum Gasteiger partial charge on any atom is 0.291 e. The molecular formula is C24H22ClNO6S.